The minimum absolute atomic E-state index is 0.154. The molecule has 35 heavy (non-hydrogen) atoms. The normalized spacial score (nSPS) is 15.2. The molecule has 0 aromatic heterocycles. The van der Waals surface area contributed by atoms with Crippen LogP contribution in [0.2, 0.25) is 0 Å². The molecule has 1 aliphatic rings. The molecule has 3 N–H and O–H groups in total. The zero-order valence-corrected chi connectivity index (χ0v) is 20.9. The highest BCUT2D eigenvalue weighted by Crippen LogP contribution is 2.50. The van der Waals surface area contributed by atoms with Crippen LogP contribution in [0.1, 0.15) is 44.4 Å². The zero-order valence-electron chi connectivity index (χ0n) is 20.9. The van der Waals surface area contributed by atoms with Crippen LogP contribution in [-0.2, 0) is 16.0 Å². The maximum absolute atomic E-state index is 13.3. The third-order valence-corrected chi connectivity index (χ3v) is 6.16. The highest BCUT2D eigenvalue weighted by atomic mass is 16.5. The minimum Gasteiger partial charge on any atom is -0.493 e. The van der Waals surface area contributed by atoms with Gasteiger partial charge >= 0.3 is 5.97 Å². The van der Waals surface area contributed by atoms with Gasteiger partial charge in [0.25, 0.3) is 0 Å². The summed E-state index contributed by atoms with van der Waals surface area (Å²) in [6, 6.07) is 5.29. The molecule has 188 valence electrons. The van der Waals surface area contributed by atoms with Crippen LogP contribution in [0.5, 0.6) is 17.2 Å². The molecule has 0 saturated heterocycles. The Morgan fingerprint density at radius 3 is 2.29 bits per heavy atom. The van der Waals surface area contributed by atoms with E-state index in [9.17, 15) is 19.5 Å². The van der Waals surface area contributed by atoms with Crippen LogP contribution < -0.4 is 30.3 Å². The number of carbonyl (C=O) groups excluding carboxylic acids is 1. The number of fused-ring (bicyclic) bond motifs is 3. The molecule has 0 radical (unpaired) electrons. The zero-order chi connectivity index (χ0) is 25.9. The van der Waals surface area contributed by atoms with Gasteiger partial charge in [0.1, 0.15) is 6.04 Å². The average Bonchev–Trinajstić information content (AvgIpc) is 3.04. The van der Waals surface area contributed by atoms with E-state index in [0.29, 0.717) is 41.2 Å². The fraction of sp³-hybridized carbons (Fsp3) is 0.423. The van der Waals surface area contributed by atoms with Crippen LogP contribution in [0, 0.1) is 5.92 Å². The molecule has 0 bridgehead atoms. The second-order valence-electron chi connectivity index (χ2n) is 8.80. The Morgan fingerprint density at radius 2 is 1.74 bits per heavy atom. The molecule has 1 aliphatic carbocycles. The smallest absolute Gasteiger partial charge is 0.326 e. The standard InChI is InChI=1S/C26H32N2O7/c1-13(2)23(26(31)32)28-19-10-8-16-17(12-20(19)30)18(27-14(3)29)9-7-15-11-21(33-4)24(34-5)25(35-6)22(15)16/h8,10-13,18,23H,7,9H2,1-6H3,(H,27,29)(H,28,30)(H,31,32)/t18-,23-/m0/s1. The Hall–Kier alpha value is -3.75. The molecule has 0 unspecified atom stereocenters. The van der Waals surface area contributed by atoms with E-state index in [4.69, 9.17) is 14.2 Å². The van der Waals surface area contributed by atoms with Gasteiger partial charge in [0.2, 0.25) is 17.1 Å². The SMILES string of the molecule is COc1cc2c(c(OC)c1OC)-c1ccc(N[C@H](C(=O)O)C(C)C)c(=O)cc1[C@@H](NC(C)=O)CC2. The molecule has 0 aliphatic heterocycles. The van der Waals surface area contributed by atoms with Crippen LogP contribution >= 0.6 is 0 Å². The van der Waals surface area contributed by atoms with E-state index in [-0.39, 0.29) is 22.9 Å². The Balaban J connectivity index is 2.34. The van der Waals surface area contributed by atoms with E-state index in [2.05, 4.69) is 10.6 Å². The quantitative estimate of drug-likeness (QED) is 0.521. The molecule has 9 heteroatoms. The monoisotopic (exact) mass is 484 g/mol. The molecule has 1 amide bonds. The molecule has 3 rings (SSSR count). The molecule has 0 saturated carbocycles. The Labute approximate surface area is 204 Å². The summed E-state index contributed by atoms with van der Waals surface area (Å²) in [4.78, 5) is 37.0. The van der Waals surface area contributed by atoms with Crippen molar-refractivity contribution in [3.63, 3.8) is 0 Å². The van der Waals surface area contributed by atoms with E-state index in [1.807, 2.05) is 6.07 Å². The first kappa shape index (κ1) is 25.9. The van der Waals surface area contributed by atoms with Gasteiger partial charge in [0.15, 0.2) is 11.5 Å². The molecule has 0 fully saturated rings. The van der Waals surface area contributed by atoms with Crippen molar-refractivity contribution < 1.29 is 28.9 Å². The lowest BCUT2D eigenvalue weighted by Gasteiger charge is -2.19. The van der Waals surface area contributed by atoms with E-state index in [0.717, 1.165) is 11.1 Å². The molecule has 2 aromatic carbocycles. The summed E-state index contributed by atoms with van der Waals surface area (Å²) < 4.78 is 16.9. The summed E-state index contributed by atoms with van der Waals surface area (Å²) in [5, 5.41) is 15.4. The van der Waals surface area contributed by atoms with Gasteiger partial charge in [-0.3, -0.25) is 9.59 Å². The summed E-state index contributed by atoms with van der Waals surface area (Å²) >= 11 is 0. The molecule has 0 spiro atoms. The lowest BCUT2D eigenvalue weighted by molar-refractivity contribution is -0.138. The first-order valence-corrected chi connectivity index (χ1v) is 11.4. The number of ether oxygens (including phenoxy) is 3. The highest BCUT2D eigenvalue weighted by molar-refractivity contribution is 5.84. The summed E-state index contributed by atoms with van der Waals surface area (Å²) in [6.07, 6.45) is 1.12. The Kier molecular flexibility index (Phi) is 7.89. The summed E-state index contributed by atoms with van der Waals surface area (Å²) in [5.74, 6) is -0.151. The van der Waals surface area contributed by atoms with Crippen molar-refractivity contribution in [2.24, 2.45) is 5.92 Å². The lowest BCUT2D eigenvalue weighted by atomic mass is 9.95. The number of aliphatic carboxylic acids is 1. The van der Waals surface area contributed by atoms with Crippen LogP contribution in [0.25, 0.3) is 11.1 Å². The number of anilines is 1. The Bertz CT molecular complexity index is 1190. The van der Waals surface area contributed by atoms with Crippen LogP contribution in [0.3, 0.4) is 0 Å². The van der Waals surface area contributed by atoms with Crippen LogP contribution in [0.15, 0.2) is 29.1 Å². The van der Waals surface area contributed by atoms with E-state index in [1.165, 1.54) is 27.2 Å². The van der Waals surface area contributed by atoms with E-state index >= 15 is 0 Å². The van der Waals surface area contributed by atoms with Gasteiger partial charge in [0.05, 0.1) is 33.1 Å². The fourth-order valence-electron chi connectivity index (χ4n) is 4.51. The second-order valence-corrected chi connectivity index (χ2v) is 8.80. The predicted molar refractivity (Wildman–Crippen MR) is 133 cm³/mol. The lowest BCUT2D eigenvalue weighted by Crippen LogP contribution is -2.35. The van der Waals surface area contributed by atoms with Gasteiger partial charge in [-0.15, -0.1) is 0 Å². The van der Waals surface area contributed by atoms with Crippen molar-refractivity contribution in [2.75, 3.05) is 26.6 Å². The van der Waals surface area contributed by atoms with Gasteiger partial charge in [-0.25, -0.2) is 4.79 Å². The first-order valence-electron chi connectivity index (χ1n) is 11.4. The van der Waals surface area contributed by atoms with Gasteiger partial charge in [-0.1, -0.05) is 19.9 Å². The molecule has 9 nitrogen and oxygen atoms in total. The topological polar surface area (TPSA) is 123 Å². The highest BCUT2D eigenvalue weighted by Gasteiger charge is 2.30. The molecular weight excluding hydrogens is 452 g/mol. The second kappa shape index (κ2) is 10.7. The number of carboxylic acid groups (broad SMARTS) is 1. The third kappa shape index (κ3) is 5.18. The number of amides is 1. The number of carbonyl (C=O) groups is 2. The predicted octanol–water partition coefficient (Wildman–Crippen LogP) is 3.38. The summed E-state index contributed by atoms with van der Waals surface area (Å²) in [5.41, 5.74) is 2.70. The van der Waals surface area contributed by atoms with Crippen molar-refractivity contribution in [1.82, 2.24) is 5.32 Å². The van der Waals surface area contributed by atoms with Gasteiger partial charge in [-0.05, 0) is 53.6 Å². The van der Waals surface area contributed by atoms with Crippen molar-refractivity contribution in [2.45, 2.75) is 45.7 Å². The van der Waals surface area contributed by atoms with Crippen LogP contribution in [0.4, 0.5) is 5.69 Å². The number of hydrogen-bond acceptors (Lipinski definition) is 7. The first-order chi connectivity index (χ1) is 16.6. The van der Waals surface area contributed by atoms with Crippen molar-refractivity contribution in [3.05, 3.63) is 45.6 Å². The number of aryl methyl sites for hydroxylation is 1. The molecular formula is C26H32N2O7. The third-order valence-electron chi connectivity index (χ3n) is 6.16. The van der Waals surface area contributed by atoms with Gasteiger partial charge in [0, 0.05) is 12.5 Å². The van der Waals surface area contributed by atoms with Gasteiger partial charge in [-0.2, -0.15) is 0 Å². The fourth-order valence-corrected chi connectivity index (χ4v) is 4.51. The van der Waals surface area contributed by atoms with Crippen molar-refractivity contribution >= 4 is 17.6 Å². The average molecular weight is 485 g/mol. The van der Waals surface area contributed by atoms with Gasteiger partial charge < -0.3 is 30.0 Å². The number of carboxylic acids is 1. The number of methoxy groups -OCH3 is 3. The minimum atomic E-state index is -1.05. The number of rotatable bonds is 8. The van der Waals surface area contributed by atoms with Crippen molar-refractivity contribution in [1.29, 1.82) is 0 Å². The number of benzene rings is 1. The number of hydrogen-bond donors (Lipinski definition) is 3. The summed E-state index contributed by atoms with van der Waals surface area (Å²) in [7, 11) is 4.59. The molecule has 0 heterocycles. The Morgan fingerprint density at radius 1 is 1.06 bits per heavy atom. The summed E-state index contributed by atoms with van der Waals surface area (Å²) in [6.45, 7) is 4.96. The molecule has 2 atom stereocenters. The van der Waals surface area contributed by atoms with E-state index in [1.54, 1.807) is 33.1 Å². The molecule has 2 aromatic rings. The largest absolute Gasteiger partial charge is 0.493 e. The van der Waals surface area contributed by atoms with Crippen LogP contribution in [-0.4, -0.2) is 44.4 Å². The van der Waals surface area contributed by atoms with Crippen molar-refractivity contribution in [3.8, 4) is 28.4 Å². The van der Waals surface area contributed by atoms with E-state index < -0.39 is 18.1 Å². The maximum atomic E-state index is 13.3. The maximum Gasteiger partial charge on any atom is 0.326 e. The number of nitrogens with one attached hydrogen (secondary N) is 2.